The van der Waals surface area contributed by atoms with Gasteiger partial charge in [0.25, 0.3) is 0 Å². The van der Waals surface area contributed by atoms with E-state index in [0.29, 0.717) is 25.2 Å². The Morgan fingerprint density at radius 2 is 1.90 bits per heavy atom. The van der Waals surface area contributed by atoms with Crippen molar-refractivity contribution in [1.29, 1.82) is 0 Å². The lowest BCUT2D eigenvalue weighted by atomic mass is 10.2. The zero-order valence-corrected chi connectivity index (χ0v) is 12.3. The molecule has 9 heteroatoms. The van der Waals surface area contributed by atoms with Gasteiger partial charge in [0.2, 0.25) is 11.8 Å². The Kier molecular flexibility index (Phi) is 6.31. The van der Waals surface area contributed by atoms with Gasteiger partial charge in [-0.05, 0) is 6.42 Å². The van der Waals surface area contributed by atoms with Gasteiger partial charge < -0.3 is 15.4 Å². The van der Waals surface area contributed by atoms with Crippen LogP contribution in [0, 0.1) is 0 Å². The molecule has 9 nitrogen and oxygen atoms in total. The van der Waals surface area contributed by atoms with Crippen LogP contribution in [-0.4, -0.2) is 53.0 Å². The molecule has 0 radical (unpaired) electrons. The van der Waals surface area contributed by atoms with E-state index in [4.69, 9.17) is 0 Å². The Morgan fingerprint density at radius 3 is 2.48 bits per heavy atom. The van der Waals surface area contributed by atoms with Gasteiger partial charge in [-0.3, -0.25) is 9.59 Å². The lowest BCUT2D eigenvalue weighted by molar-refractivity contribution is -0.122. The van der Waals surface area contributed by atoms with Crippen LogP contribution in [0.3, 0.4) is 0 Å². The van der Waals surface area contributed by atoms with Crippen molar-refractivity contribution < 1.29 is 19.1 Å². The molecule has 0 aliphatic rings. The van der Waals surface area contributed by atoms with Crippen LogP contribution in [0.4, 0.5) is 0 Å². The highest BCUT2D eigenvalue weighted by molar-refractivity contribution is 5.88. The predicted molar refractivity (Wildman–Crippen MR) is 72.4 cm³/mol. The normalized spacial score (nSPS) is 10.0. The summed E-state index contributed by atoms with van der Waals surface area (Å²) in [5, 5.41) is 12.7. The summed E-state index contributed by atoms with van der Waals surface area (Å²) in [6.45, 7) is 3.85. The van der Waals surface area contributed by atoms with Crippen LogP contribution in [0.2, 0.25) is 0 Å². The number of rotatable bonds is 7. The Morgan fingerprint density at radius 1 is 1.24 bits per heavy atom. The lowest BCUT2D eigenvalue weighted by Gasteiger charge is -2.07. The summed E-state index contributed by atoms with van der Waals surface area (Å²) in [5.74, 6) is -1.02. The SMILES string of the molecule is CCc1c(C(=O)OC)nnn1CC(=O)NCCNC(C)=O. The van der Waals surface area contributed by atoms with Crippen LogP contribution in [0.1, 0.15) is 30.0 Å². The summed E-state index contributed by atoms with van der Waals surface area (Å²) in [6.07, 6.45) is 0.497. The van der Waals surface area contributed by atoms with Crippen LogP contribution < -0.4 is 10.6 Å². The fourth-order valence-electron chi connectivity index (χ4n) is 1.70. The van der Waals surface area contributed by atoms with Gasteiger partial charge in [-0.1, -0.05) is 12.1 Å². The summed E-state index contributed by atoms with van der Waals surface area (Å²) in [7, 11) is 1.26. The van der Waals surface area contributed by atoms with E-state index in [1.165, 1.54) is 18.7 Å². The number of ether oxygens (including phenoxy) is 1. The highest BCUT2D eigenvalue weighted by Crippen LogP contribution is 2.07. The molecule has 1 aromatic heterocycles. The molecule has 0 bridgehead atoms. The van der Waals surface area contributed by atoms with E-state index in [1.54, 1.807) is 0 Å². The smallest absolute Gasteiger partial charge is 0.360 e. The van der Waals surface area contributed by atoms with E-state index in [2.05, 4.69) is 25.7 Å². The number of hydrogen-bond donors (Lipinski definition) is 2. The first kappa shape index (κ1) is 16.6. The van der Waals surface area contributed by atoms with E-state index < -0.39 is 5.97 Å². The van der Waals surface area contributed by atoms with E-state index in [-0.39, 0.29) is 24.1 Å². The first-order valence-electron chi connectivity index (χ1n) is 6.51. The number of hydrogen-bond acceptors (Lipinski definition) is 6. The Bertz CT molecular complexity index is 526. The lowest BCUT2D eigenvalue weighted by Crippen LogP contribution is -2.35. The Balaban J connectivity index is 2.58. The van der Waals surface area contributed by atoms with E-state index >= 15 is 0 Å². The van der Waals surface area contributed by atoms with Gasteiger partial charge in [0.1, 0.15) is 6.54 Å². The van der Waals surface area contributed by atoms with Gasteiger partial charge >= 0.3 is 5.97 Å². The Hall–Kier alpha value is -2.45. The third-order valence-electron chi connectivity index (χ3n) is 2.67. The molecule has 2 N–H and O–H groups in total. The highest BCUT2D eigenvalue weighted by Gasteiger charge is 2.19. The van der Waals surface area contributed by atoms with Crippen LogP contribution in [0.25, 0.3) is 0 Å². The maximum atomic E-state index is 11.7. The van der Waals surface area contributed by atoms with Crippen LogP contribution in [0.15, 0.2) is 0 Å². The maximum absolute atomic E-state index is 11.7. The molecule has 0 fully saturated rings. The Labute approximate surface area is 122 Å². The molecule has 0 saturated heterocycles. The summed E-state index contributed by atoms with van der Waals surface area (Å²) < 4.78 is 5.96. The minimum Gasteiger partial charge on any atom is -0.464 e. The first-order chi connectivity index (χ1) is 9.99. The molecule has 2 amide bonds. The number of aromatic nitrogens is 3. The third-order valence-corrected chi connectivity index (χ3v) is 2.67. The van der Waals surface area contributed by atoms with Crippen molar-refractivity contribution in [3.63, 3.8) is 0 Å². The molecule has 1 rings (SSSR count). The average Bonchev–Trinajstić information content (AvgIpc) is 2.85. The fourth-order valence-corrected chi connectivity index (χ4v) is 1.70. The number of nitrogens with zero attached hydrogens (tertiary/aromatic N) is 3. The summed E-state index contributed by atoms with van der Waals surface area (Å²) in [5.41, 5.74) is 0.657. The van der Waals surface area contributed by atoms with Crippen LogP contribution in [-0.2, 0) is 27.3 Å². The number of carbonyl (C=O) groups is 3. The molecule has 116 valence electrons. The number of methoxy groups -OCH3 is 1. The molecule has 0 aliphatic heterocycles. The minimum atomic E-state index is -0.579. The monoisotopic (exact) mass is 297 g/mol. The van der Waals surface area contributed by atoms with Crippen molar-refractivity contribution in [2.24, 2.45) is 0 Å². The average molecular weight is 297 g/mol. The minimum absolute atomic E-state index is 0.0484. The largest absolute Gasteiger partial charge is 0.464 e. The predicted octanol–water partition coefficient (Wildman–Crippen LogP) is -1.12. The number of nitrogens with one attached hydrogen (secondary N) is 2. The number of amides is 2. The zero-order chi connectivity index (χ0) is 15.8. The molecule has 21 heavy (non-hydrogen) atoms. The van der Waals surface area contributed by atoms with Gasteiger partial charge in [0.15, 0.2) is 5.69 Å². The quantitative estimate of drug-likeness (QED) is 0.486. The number of carbonyl (C=O) groups excluding carboxylic acids is 3. The van der Waals surface area contributed by atoms with Gasteiger partial charge in [0, 0.05) is 20.0 Å². The summed E-state index contributed by atoms with van der Waals surface area (Å²) >= 11 is 0. The first-order valence-corrected chi connectivity index (χ1v) is 6.51. The van der Waals surface area contributed by atoms with E-state index in [9.17, 15) is 14.4 Å². The van der Waals surface area contributed by atoms with Gasteiger partial charge in [0.05, 0.1) is 12.8 Å². The molecule has 0 saturated carbocycles. The van der Waals surface area contributed by atoms with Crippen LogP contribution in [0.5, 0.6) is 0 Å². The molecule has 0 aromatic carbocycles. The molecular formula is C12H19N5O4. The van der Waals surface area contributed by atoms with Crippen molar-refractivity contribution in [2.75, 3.05) is 20.2 Å². The third kappa shape index (κ3) is 4.86. The fraction of sp³-hybridized carbons (Fsp3) is 0.583. The summed E-state index contributed by atoms with van der Waals surface area (Å²) in [4.78, 5) is 33.9. The van der Waals surface area contributed by atoms with Crippen LogP contribution >= 0.6 is 0 Å². The number of esters is 1. The van der Waals surface area contributed by atoms with Crippen molar-refractivity contribution in [3.8, 4) is 0 Å². The molecule has 0 atom stereocenters. The molecule has 1 aromatic rings. The second-order valence-corrected chi connectivity index (χ2v) is 4.22. The molecule has 1 heterocycles. The molecule has 0 unspecified atom stereocenters. The maximum Gasteiger partial charge on any atom is 0.360 e. The second kappa shape index (κ2) is 7.98. The van der Waals surface area contributed by atoms with Gasteiger partial charge in [-0.25, -0.2) is 9.48 Å². The van der Waals surface area contributed by atoms with E-state index in [1.807, 2.05) is 6.92 Å². The van der Waals surface area contributed by atoms with Gasteiger partial charge in [-0.2, -0.15) is 0 Å². The van der Waals surface area contributed by atoms with Crippen molar-refractivity contribution in [1.82, 2.24) is 25.6 Å². The van der Waals surface area contributed by atoms with Crippen molar-refractivity contribution in [3.05, 3.63) is 11.4 Å². The molecule has 0 aliphatic carbocycles. The standard InChI is InChI=1S/C12H19N5O4/c1-4-9-11(12(20)21-3)15-16-17(9)7-10(19)14-6-5-13-8(2)18/h4-7H2,1-3H3,(H,13,18)(H,14,19). The summed E-state index contributed by atoms with van der Waals surface area (Å²) in [6, 6.07) is 0. The second-order valence-electron chi connectivity index (χ2n) is 4.22. The topological polar surface area (TPSA) is 115 Å². The van der Waals surface area contributed by atoms with E-state index in [0.717, 1.165) is 0 Å². The zero-order valence-electron chi connectivity index (χ0n) is 12.3. The van der Waals surface area contributed by atoms with Crippen molar-refractivity contribution in [2.45, 2.75) is 26.8 Å². The van der Waals surface area contributed by atoms with Crippen molar-refractivity contribution >= 4 is 17.8 Å². The highest BCUT2D eigenvalue weighted by atomic mass is 16.5. The molecular weight excluding hydrogens is 278 g/mol. The molecule has 0 spiro atoms. The van der Waals surface area contributed by atoms with Gasteiger partial charge in [-0.15, -0.1) is 5.10 Å².